The van der Waals surface area contributed by atoms with Crippen LogP contribution in [0.15, 0.2) is 94.8 Å². The van der Waals surface area contributed by atoms with Crippen molar-refractivity contribution in [3.05, 3.63) is 157 Å². The molecule has 3 amide bonds. The third-order valence-electron chi connectivity index (χ3n) is 17.2. The monoisotopic (exact) mass is 1170 g/mol. The minimum Gasteiger partial charge on any atom is -0.490 e. The van der Waals surface area contributed by atoms with Gasteiger partial charge in [-0.3, -0.25) is 19.2 Å². The Balaban J connectivity index is 0.000000167. The number of nitrogens with one attached hydrogen (secondary N) is 2. The average Bonchev–Trinajstić information content (AvgIpc) is 2.52. The predicted octanol–water partition coefficient (Wildman–Crippen LogP) is 9.69. The van der Waals surface area contributed by atoms with E-state index in [1.165, 1.54) is 18.2 Å². The zero-order valence-electron chi connectivity index (χ0n) is 47.1. The molecular weight excluding hydrogens is 1110 g/mol. The lowest BCUT2D eigenvalue weighted by molar-refractivity contribution is -0.138. The molecule has 7 aromatic rings. The Morgan fingerprint density at radius 1 is 0.565 bits per heavy atom. The molecule has 4 saturated heterocycles. The lowest BCUT2D eigenvalue weighted by Gasteiger charge is -2.28. The van der Waals surface area contributed by atoms with Gasteiger partial charge in [0.2, 0.25) is 5.95 Å². The molecule has 2 aliphatic carbocycles. The number of hydrogen-bond donors (Lipinski definition) is 2. The van der Waals surface area contributed by atoms with E-state index in [9.17, 15) is 37.1 Å². The molecule has 3 aromatic heterocycles. The molecule has 0 bridgehead atoms. The zero-order valence-corrected chi connectivity index (χ0v) is 47.1. The molecule has 444 valence electrons. The Hall–Kier alpha value is -8.50. The number of aromatic nitrogens is 6. The third kappa shape index (κ3) is 11.7. The van der Waals surface area contributed by atoms with Gasteiger partial charge in [0.05, 0.1) is 75.2 Å². The van der Waals surface area contributed by atoms with Crippen LogP contribution in [0, 0.1) is 11.6 Å². The van der Waals surface area contributed by atoms with Crippen molar-refractivity contribution < 1.29 is 50.5 Å². The van der Waals surface area contributed by atoms with Gasteiger partial charge in [0.1, 0.15) is 28.7 Å². The Morgan fingerprint density at radius 2 is 1.01 bits per heavy atom. The number of benzene rings is 4. The maximum Gasteiger partial charge on any atom is 0.419 e. The molecule has 7 heterocycles. The van der Waals surface area contributed by atoms with Crippen molar-refractivity contribution in [2.24, 2.45) is 0 Å². The largest absolute Gasteiger partial charge is 0.490 e. The van der Waals surface area contributed by atoms with Gasteiger partial charge in [0.25, 0.3) is 22.9 Å². The van der Waals surface area contributed by atoms with Crippen molar-refractivity contribution in [1.29, 1.82) is 0 Å². The summed E-state index contributed by atoms with van der Waals surface area (Å²) in [6.45, 7) is 7.24. The molecule has 0 spiro atoms. The van der Waals surface area contributed by atoms with Crippen LogP contribution in [0.4, 0.5) is 32.7 Å². The number of carbonyl (C=O) groups is 3. The van der Waals surface area contributed by atoms with Crippen LogP contribution in [0.1, 0.15) is 134 Å². The summed E-state index contributed by atoms with van der Waals surface area (Å²) in [5, 5.41) is 15.9. The second kappa shape index (κ2) is 22.8. The van der Waals surface area contributed by atoms with E-state index in [-0.39, 0.29) is 77.1 Å². The van der Waals surface area contributed by atoms with E-state index >= 15 is 8.78 Å². The van der Waals surface area contributed by atoms with E-state index in [4.69, 9.17) is 14.2 Å². The van der Waals surface area contributed by atoms with Gasteiger partial charge in [-0.05, 0) is 157 Å². The van der Waals surface area contributed by atoms with Crippen molar-refractivity contribution in [3.8, 4) is 11.5 Å². The molecule has 85 heavy (non-hydrogen) atoms. The number of H-pyrrole nitrogens is 2. The van der Waals surface area contributed by atoms with Crippen molar-refractivity contribution in [2.75, 3.05) is 31.1 Å². The summed E-state index contributed by atoms with van der Waals surface area (Å²) in [7, 11) is 0. The van der Waals surface area contributed by atoms with Gasteiger partial charge in [0, 0.05) is 62.2 Å². The maximum atomic E-state index is 15.1. The summed E-state index contributed by atoms with van der Waals surface area (Å²) in [5.74, 6) is -0.581. The molecule has 4 atom stereocenters. The molecule has 2 N–H and O–H groups in total. The van der Waals surface area contributed by atoms with Gasteiger partial charge < -0.3 is 33.8 Å². The average molecular weight is 1170 g/mol. The number of carbonyl (C=O) groups excluding carboxylic acids is 3. The number of fused-ring (bicyclic) bond motifs is 4. The minimum absolute atomic E-state index is 0.0124. The quantitative estimate of drug-likeness (QED) is 0.116. The van der Waals surface area contributed by atoms with Crippen LogP contribution in [0.5, 0.6) is 11.5 Å². The summed E-state index contributed by atoms with van der Waals surface area (Å²) in [6, 6.07) is 18.7. The first-order chi connectivity index (χ1) is 40.7. The molecule has 4 unspecified atom stereocenters. The zero-order chi connectivity index (χ0) is 59.5. The van der Waals surface area contributed by atoms with Gasteiger partial charge >= 0.3 is 12.3 Å². The molecule has 4 aromatic carbocycles. The Kier molecular flexibility index (Phi) is 15.3. The number of rotatable bonds is 11. The lowest BCUT2D eigenvalue weighted by Crippen LogP contribution is -2.43. The Labute approximate surface area is 484 Å². The number of likely N-dealkylation sites (tertiary alicyclic amines) is 3. The summed E-state index contributed by atoms with van der Waals surface area (Å²) < 4.78 is 86.7. The fourth-order valence-corrected chi connectivity index (χ4v) is 12.5. The van der Waals surface area contributed by atoms with E-state index in [2.05, 4.69) is 30.4 Å². The Morgan fingerprint density at radius 3 is 1.47 bits per heavy atom. The van der Waals surface area contributed by atoms with Crippen molar-refractivity contribution >= 4 is 45.4 Å². The lowest BCUT2D eigenvalue weighted by atomic mass is 9.96. The number of amides is 3. The van der Waals surface area contributed by atoms with E-state index in [0.29, 0.717) is 114 Å². The first kappa shape index (κ1) is 57.0. The van der Waals surface area contributed by atoms with E-state index in [1.807, 2.05) is 31.7 Å². The second-order valence-electron chi connectivity index (χ2n) is 23.8. The van der Waals surface area contributed by atoms with Gasteiger partial charge in [-0.15, -0.1) is 0 Å². The Bertz CT molecular complexity index is 3850. The topological polar surface area (TPSA) is 209 Å². The molecule has 13 rings (SSSR count). The number of anilines is 1. The summed E-state index contributed by atoms with van der Waals surface area (Å²) in [5.41, 5.74) is 0.256. The highest BCUT2D eigenvalue weighted by Crippen LogP contribution is 2.38. The van der Waals surface area contributed by atoms with E-state index in [0.717, 1.165) is 50.9 Å². The number of aromatic amines is 2. The van der Waals surface area contributed by atoms with Gasteiger partial charge in [-0.1, -0.05) is 12.1 Å². The molecule has 0 radical (unpaired) electrons. The molecule has 18 nitrogen and oxygen atoms in total. The van der Waals surface area contributed by atoms with Crippen LogP contribution < -0.4 is 25.5 Å². The standard InChI is InChI=1S/C31H28F4N6O3.C31H35FN4O5/c32-24-7-4-17(13-25-22-14-20(44-19-2-1-3-19)5-6-21(22)28(42)39-38-25)12-23(24)29(43)40-10-8-27-26(40)9-11-41(27)30-36-15-18(16-37-30)31(33,34)35;1-31(2,3)41-30(39)36-14-12-26-27(36)11-13-35(26)29(38)23-15-18(7-10-24(23)32)16-25-22-17-20(40-19-5-4-6-19)8-9-21(22)28(37)34-33-25/h4-7,12,14-16,19,26-27H,1-3,8-11,13H2,(H,39,42);7-10,15,17,19,26-27H,4-6,11-14,16H2,1-3H3,(H,34,37). The van der Waals surface area contributed by atoms with Crippen LogP contribution in [0.3, 0.4) is 0 Å². The van der Waals surface area contributed by atoms with E-state index in [1.54, 1.807) is 63.2 Å². The van der Waals surface area contributed by atoms with Crippen molar-refractivity contribution in [3.63, 3.8) is 0 Å². The van der Waals surface area contributed by atoms with E-state index < -0.39 is 40.8 Å². The summed E-state index contributed by atoms with van der Waals surface area (Å²) in [4.78, 5) is 79.7. The fourth-order valence-electron chi connectivity index (χ4n) is 12.5. The van der Waals surface area contributed by atoms with Crippen molar-refractivity contribution in [1.82, 2.24) is 45.1 Å². The third-order valence-corrected chi connectivity index (χ3v) is 17.2. The van der Waals surface area contributed by atoms with Crippen LogP contribution in [-0.4, -0.2) is 131 Å². The molecule has 4 aliphatic heterocycles. The first-order valence-corrected chi connectivity index (χ1v) is 28.9. The molecule has 23 heteroatoms. The van der Waals surface area contributed by atoms with Crippen LogP contribution in [-0.2, 0) is 23.8 Å². The predicted molar refractivity (Wildman–Crippen MR) is 303 cm³/mol. The SMILES string of the molecule is CC(C)(C)OC(=O)N1CCC2C1CCN2C(=O)c1cc(Cc2n[nH]c(=O)c3ccc(OC4CCC4)cc23)ccc1F.O=C(c1cc(Cc2n[nH]c(=O)c3ccc(OC4CCC4)cc23)ccc1F)N1CCC2C1CCN2c1ncc(C(F)(F)F)cn1. The second-order valence-corrected chi connectivity index (χ2v) is 23.8. The van der Waals surface area contributed by atoms with Gasteiger partial charge in [0.15, 0.2) is 0 Å². The number of hydrogen-bond acceptors (Lipinski definition) is 13. The smallest absolute Gasteiger partial charge is 0.419 e. The normalized spacial score (nSPS) is 20.4. The number of halogens is 5. The minimum atomic E-state index is -4.53. The maximum absolute atomic E-state index is 15.1. The highest BCUT2D eigenvalue weighted by atomic mass is 19.4. The summed E-state index contributed by atoms with van der Waals surface area (Å²) in [6.07, 6.45) is 6.14. The number of alkyl halides is 3. The van der Waals surface area contributed by atoms with Gasteiger partial charge in [-0.2, -0.15) is 23.4 Å². The number of nitrogens with zero attached hydrogens (tertiary/aromatic N) is 8. The first-order valence-electron chi connectivity index (χ1n) is 28.9. The highest BCUT2D eigenvalue weighted by molar-refractivity contribution is 5.96. The fraction of sp³-hybridized carbons (Fsp3) is 0.435. The molecule has 2 saturated carbocycles. The van der Waals surface area contributed by atoms with Crippen LogP contribution >= 0.6 is 0 Å². The molecule has 6 fully saturated rings. The van der Waals surface area contributed by atoms with Crippen LogP contribution in [0.2, 0.25) is 0 Å². The van der Waals surface area contributed by atoms with Gasteiger partial charge in [-0.25, -0.2) is 33.7 Å². The van der Waals surface area contributed by atoms with Crippen molar-refractivity contribution in [2.45, 2.75) is 146 Å². The molecular formula is C62H63F5N10O8. The number of ether oxygens (including phenoxy) is 3. The highest BCUT2D eigenvalue weighted by Gasteiger charge is 2.49. The summed E-state index contributed by atoms with van der Waals surface area (Å²) >= 11 is 0. The van der Waals surface area contributed by atoms with Crippen LogP contribution in [0.25, 0.3) is 21.5 Å². The molecule has 6 aliphatic rings.